The summed E-state index contributed by atoms with van der Waals surface area (Å²) < 4.78 is 5.03. The maximum atomic E-state index is 12.0. The number of nitrogens with zero attached hydrogens (tertiary/aromatic N) is 1. The summed E-state index contributed by atoms with van der Waals surface area (Å²) in [5.41, 5.74) is 0.753. The minimum atomic E-state index is -1.11. The number of aromatic nitrogens is 1. The van der Waals surface area contributed by atoms with Crippen molar-refractivity contribution in [2.24, 2.45) is 0 Å². The highest BCUT2D eigenvalue weighted by Crippen LogP contribution is 2.12. The lowest BCUT2D eigenvalue weighted by atomic mass is 10.2. The van der Waals surface area contributed by atoms with Gasteiger partial charge in [-0.15, -0.1) is 0 Å². The summed E-state index contributed by atoms with van der Waals surface area (Å²) in [5.74, 6) is -1.43. The van der Waals surface area contributed by atoms with Gasteiger partial charge in [0.15, 0.2) is 6.10 Å². The van der Waals surface area contributed by atoms with Gasteiger partial charge in [0.05, 0.1) is 5.52 Å². The molecule has 3 amide bonds. The highest BCUT2D eigenvalue weighted by molar-refractivity contribution is 5.98. The molecule has 1 unspecified atom stereocenters. The molecular formula is C16H17N3O4. The zero-order chi connectivity index (χ0) is 16.8. The molecule has 0 aliphatic rings. The van der Waals surface area contributed by atoms with Gasteiger partial charge in [0, 0.05) is 11.9 Å². The second-order valence-corrected chi connectivity index (χ2v) is 4.79. The summed E-state index contributed by atoms with van der Waals surface area (Å²) in [5, 5.41) is 5.39. The van der Waals surface area contributed by atoms with Crippen LogP contribution in [0.2, 0.25) is 0 Å². The lowest BCUT2D eigenvalue weighted by Crippen LogP contribution is -2.44. The molecular weight excluding hydrogens is 298 g/mol. The molecule has 0 saturated carbocycles. The van der Waals surface area contributed by atoms with Gasteiger partial charge in [-0.3, -0.25) is 10.1 Å². The molecule has 7 nitrogen and oxygen atoms in total. The first-order valence-corrected chi connectivity index (χ1v) is 7.16. The zero-order valence-corrected chi connectivity index (χ0v) is 12.8. The van der Waals surface area contributed by atoms with Gasteiger partial charge in [-0.1, -0.05) is 24.3 Å². The first-order chi connectivity index (χ1) is 11.0. The molecule has 1 atom stereocenters. The molecule has 1 heterocycles. The lowest BCUT2D eigenvalue weighted by Gasteiger charge is -2.12. The number of nitrogens with one attached hydrogen (secondary N) is 2. The largest absolute Gasteiger partial charge is 0.448 e. The van der Waals surface area contributed by atoms with Crippen molar-refractivity contribution in [3.05, 3.63) is 42.1 Å². The van der Waals surface area contributed by atoms with Crippen LogP contribution in [-0.4, -0.2) is 35.5 Å². The molecule has 0 spiro atoms. The summed E-state index contributed by atoms with van der Waals surface area (Å²) in [6, 6.07) is 9.97. The minimum Gasteiger partial charge on any atom is -0.448 e. The number of hydrogen-bond donors (Lipinski definition) is 2. The number of fused-ring (bicyclic) bond motifs is 1. The van der Waals surface area contributed by atoms with Crippen LogP contribution in [0, 0.1) is 0 Å². The molecule has 0 aliphatic heterocycles. The monoisotopic (exact) mass is 315 g/mol. The van der Waals surface area contributed by atoms with Gasteiger partial charge in [-0.05, 0) is 26.0 Å². The zero-order valence-electron chi connectivity index (χ0n) is 12.8. The number of carbonyl (C=O) groups is 3. The van der Waals surface area contributed by atoms with E-state index < -0.39 is 24.0 Å². The molecule has 2 rings (SSSR count). The number of amides is 3. The summed E-state index contributed by atoms with van der Waals surface area (Å²) in [7, 11) is 0. The smallest absolute Gasteiger partial charge is 0.357 e. The Labute approximate surface area is 133 Å². The van der Waals surface area contributed by atoms with E-state index in [1.807, 2.05) is 18.2 Å². The van der Waals surface area contributed by atoms with Gasteiger partial charge in [0.1, 0.15) is 5.69 Å². The minimum absolute atomic E-state index is 0.0985. The van der Waals surface area contributed by atoms with E-state index in [2.05, 4.69) is 15.6 Å². The number of hydrogen-bond acceptors (Lipinski definition) is 5. The van der Waals surface area contributed by atoms with E-state index in [0.29, 0.717) is 12.1 Å². The quantitative estimate of drug-likeness (QED) is 0.836. The Morgan fingerprint density at radius 1 is 1.17 bits per heavy atom. The summed E-state index contributed by atoms with van der Waals surface area (Å²) >= 11 is 0. The first kappa shape index (κ1) is 16.4. The molecule has 2 N–H and O–H groups in total. The normalized spacial score (nSPS) is 11.6. The van der Waals surface area contributed by atoms with Crippen LogP contribution in [-0.2, 0) is 9.53 Å². The van der Waals surface area contributed by atoms with Gasteiger partial charge in [0.2, 0.25) is 0 Å². The Bertz CT molecular complexity index is 745. The molecule has 0 aliphatic carbocycles. The van der Waals surface area contributed by atoms with Crippen molar-refractivity contribution in [1.29, 1.82) is 0 Å². The number of para-hydroxylation sites is 1. The fourth-order valence-electron chi connectivity index (χ4n) is 1.87. The van der Waals surface area contributed by atoms with Gasteiger partial charge in [-0.2, -0.15) is 0 Å². The van der Waals surface area contributed by atoms with Crippen LogP contribution in [0.5, 0.6) is 0 Å². The molecule has 0 bridgehead atoms. The Kier molecular flexibility index (Phi) is 5.24. The Morgan fingerprint density at radius 2 is 1.91 bits per heavy atom. The van der Waals surface area contributed by atoms with Crippen molar-refractivity contribution >= 4 is 28.8 Å². The van der Waals surface area contributed by atoms with Crippen molar-refractivity contribution in [2.75, 3.05) is 6.54 Å². The molecule has 0 saturated heterocycles. The highest BCUT2D eigenvalue weighted by atomic mass is 16.5. The Morgan fingerprint density at radius 3 is 2.65 bits per heavy atom. The van der Waals surface area contributed by atoms with Crippen molar-refractivity contribution in [3.8, 4) is 0 Å². The van der Waals surface area contributed by atoms with Gasteiger partial charge < -0.3 is 10.1 Å². The van der Waals surface area contributed by atoms with Crippen molar-refractivity contribution in [3.63, 3.8) is 0 Å². The van der Waals surface area contributed by atoms with Gasteiger partial charge in [-0.25, -0.2) is 14.6 Å². The second kappa shape index (κ2) is 7.35. The summed E-state index contributed by atoms with van der Waals surface area (Å²) in [6.45, 7) is 3.49. The van der Waals surface area contributed by atoms with Crippen molar-refractivity contribution < 1.29 is 19.1 Å². The predicted octanol–water partition coefficient (Wildman–Crippen LogP) is 1.63. The average Bonchev–Trinajstić information content (AvgIpc) is 2.54. The van der Waals surface area contributed by atoms with E-state index in [1.165, 1.54) is 13.0 Å². The molecule has 23 heavy (non-hydrogen) atoms. The van der Waals surface area contributed by atoms with Crippen LogP contribution in [0.15, 0.2) is 36.4 Å². The Balaban J connectivity index is 2.02. The number of ether oxygens (including phenoxy) is 1. The van der Waals surface area contributed by atoms with Crippen molar-refractivity contribution in [2.45, 2.75) is 20.0 Å². The number of carbonyl (C=O) groups excluding carboxylic acids is 3. The predicted molar refractivity (Wildman–Crippen MR) is 83.8 cm³/mol. The number of esters is 1. The average molecular weight is 315 g/mol. The fraction of sp³-hybridized carbons (Fsp3) is 0.250. The SMILES string of the molecule is CCNC(=O)NC(=O)C(C)OC(=O)c1ccc2ccccc2n1. The van der Waals surface area contributed by atoms with Crippen LogP contribution in [0.4, 0.5) is 4.79 Å². The lowest BCUT2D eigenvalue weighted by molar-refractivity contribution is -0.127. The van der Waals surface area contributed by atoms with Crippen LogP contribution in [0.25, 0.3) is 10.9 Å². The molecule has 1 aromatic carbocycles. The van der Waals surface area contributed by atoms with Gasteiger partial charge >= 0.3 is 12.0 Å². The molecule has 7 heteroatoms. The number of urea groups is 1. The molecule has 0 radical (unpaired) electrons. The highest BCUT2D eigenvalue weighted by Gasteiger charge is 2.21. The maximum absolute atomic E-state index is 12.0. The number of benzene rings is 1. The molecule has 120 valence electrons. The number of imide groups is 1. The third-order valence-corrected chi connectivity index (χ3v) is 3.03. The van der Waals surface area contributed by atoms with Crippen LogP contribution in [0.1, 0.15) is 24.3 Å². The first-order valence-electron chi connectivity index (χ1n) is 7.16. The number of rotatable bonds is 4. The topological polar surface area (TPSA) is 97.4 Å². The maximum Gasteiger partial charge on any atom is 0.357 e. The number of pyridine rings is 1. The fourth-order valence-corrected chi connectivity index (χ4v) is 1.87. The molecule has 1 aromatic heterocycles. The summed E-state index contributed by atoms with van der Waals surface area (Å²) in [4.78, 5) is 39.2. The third-order valence-electron chi connectivity index (χ3n) is 3.03. The van der Waals surface area contributed by atoms with E-state index in [4.69, 9.17) is 4.74 Å². The van der Waals surface area contributed by atoms with Crippen LogP contribution >= 0.6 is 0 Å². The standard InChI is InChI=1S/C16H17N3O4/c1-3-17-16(22)19-14(20)10(2)23-15(21)13-9-8-11-6-4-5-7-12(11)18-13/h4-10H,3H2,1-2H3,(H2,17,19,20,22). The van der Waals surface area contributed by atoms with E-state index in [1.54, 1.807) is 19.1 Å². The third kappa shape index (κ3) is 4.26. The Hall–Kier alpha value is -2.96. The molecule has 0 fully saturated rings. The second-order valence-electron chi connectivity index (χ2n) is 4.79. The van der Waals surface area contributed by atoms with Crippen molar-refractivity contribution in [1.82, 2.24) is 15.6 Å². The van der Waals surface area contributed by atoms with E-state index >= 15 is 0 Å². The van der Waals surface area contributed by atoms with Crippen LogP contribution in [0.3, 0.4) is 0 Å². The van der Waals surface area contributed by atoms with E-state index in [0.717, 1.165) is 5.39 Å². The van der Waals surface area contributed by atoms with E-state index in [9.17, 15) is 14.4 Å². The van der Waals surface area contributed by atoms with Gasteiger partial charge in [0.25, 0.3) is 5.91 Å². The van der Waals surface area contributed by atoms with Crippen LogP contribution < -0.4 is 10.6 Å². The molecule has 2 aromatic rings. The summed E-state index contributed by atoms with van der Waals surface area (Å²) in [6.07, 6.45) is -1.11. The van der Waals surface area contributed by atoms with E-state index in [-0.39, 0.29) is 5.69 Å².